The van der Waals surface area contributed by atoms with Gasteiger partial charge in [0.25, 0.3) is 0 Å². The Hall–Kier alpha value is -4.27. The zero-order chi connectivity index (χ0) is 24.6. The minimum Gasteiger partial charge on any atom is -0.508 e. The number of fused-ring (bicyclic) bond motifs is 2. The van der Waals surface area contributed by atoms with E-state index in [2.05, 4.69) is 10.3 Å². The number of ether oxygens (including phenoxy) is 1. The molecule has 0 aliphatic carbocycles. The number of carbonyl (C=O) groups excluding carboxylic acids is 1. The van der Waals surface area contributed by atoms with E-state index < -0.39 is 23.5 Å². The molecular formula is C25H24N2O7. The fourth-order valence-electron chi connectivity index (χ4n) is 4.16. The van der Waals surface area contributed by atoms with Crippen molar-refractivity contribution in [2.75, 3.05) is 7.11 Å². The fourth-order valence-corrected chi connectivity index (χ4v) is 4.16. The van der Waals surface area contributed by atoms with Gasteiger partial charge in [0, 0.05) is 23.5 Å². The Bertz CT molecular complexity index is 1480. The van der Waals surface area contributed by atoms with Crippen LogP contribution in [-0.4, -0.2) is 40.2 Å². The first-order chi connectivity index (χ1) is 16.2. The van der Waals surface area contributed by atoms with Gasteiger partial charge in [-0.05, 0) is 60.9 Å². The molecule has 0 aliphatic heterocycles. The summed E-state index contributed by atoms with van der Waals surface area (Å²) in [6, 6.07) is 7.01. The number of carboxylic acid groups (broad SMARTS) is 1. The van der Waals surface area contributed by atoms with Gasteiger partial charge in [0.1, 0.15) is 23.1 Å². The van der Waals surface area contributed by atoms with Gasteiger partial charge in [0.15, 0.2) is 0 Å². The molecular weight excluding hydrogens is 440 g/mol. The SMILES string of the molecule is COc1cc(C)cc2oc(=O)c(CC(=O)N[C@H](Cc3c[nH]c4ccc(O)cc34)C(=O)O)c(C)c12. The van der Waals surface area contributed by atoms with Crippen molar-refractivity contribution in [1.82, 2.24) is 10.3 Å². The number of hydrogen-bond acceptors (Lipinski definition) is 6. The second-order valence-corrected chi connectivity index (χ2v) is 8.22. The number of aryl methyl sites for hydroxylation is 2. The van der Waals surface area contributed by atoms with Crippen molar-refractivity contribution in [3.8, 4) is 11.5 Å². The predicted molar refractivity (Wildman–Crippen MR) is 125 cm³/mol. The number of aromatic hydroxyl groups is 1. The molecule has 0 saturated heterocycles. The maximum atomic E-state index is 12.8. The van der Waals surface area contributed by atoms with Crippen molar-refractivity contribution in [2.45, 2.75) is 32.7 Å². The summed E-state index contributed by atoms with van der Waals surface area (Å²) in [4.78, 5) is 40.3. The molecule has 34 heavy (non-hydrogen) atoms. The second-order valence-electron chi connectivity index (χ2n) is 8.22. The Labute approximate surface area is 194 Å². The van der Waals surface area contributed by atoms with Crippen molar-refractivity contribution in [3.05, 3.63) is 69.2 Å². The standard InChI is InChI=1S/C25H24N2O7/c1-12-6-20(33-3)23-13(2)16(25(32)34-21(23)7-12)10-22(29)27-19(24(30)31)8-14-11-26-18-5-4-15(28)9-17(14)18/h4-7,9,11,19,26,28H,8,10H2,1-3H3,(H,27,29)(H,30,31)/t19-/m1/s1. The van der Waals surface area contributed by atoms with Crippen LogP contribution in [0.25, 0.3) is 21.9 Å². The largest absolute Gasteiger partial charge is 0.508 e. The van der Waals surface area contributed by atoms with Crippen molar-refractivity contribution in [1.29, 1.82) is 0 Å². The van der Waals surface area contributed by atoms with Gasteiger partial charge in [-0.15, -0.1) is 0 Å². The Morgan fingerprint density at radius 2 is 1.97 bits per heavy atom. The first kappa shape index (κ1) is 22.9. The second kappa shape index (κ2) is 8.93. The minimum atomic E-state index is -1.24. The molecule has 4 rings (SSSR count). The molecule has 9 heteroatoms. The molecule has 0 saturated carbocycles. The molecule has 1 amide bonds. The van der Waals surface area contributed by atoms with E-state index in [4.69, 9.17) is 9.15 Å². The van der Waals surface area contributed by atoms with Gasteiger partial charge < -0.3 is 29.7 Å². The zero-order valence-electron chi connectivity index (χ0n) is 18.9. The summed E-state index contributed by atoms with van der Waals surface area (Å²) in [6.45, 7) is 3.55. The number of nitrogens with one attached hydrogen (secondary N) is 2. The van der Waals surface area contributed by atoms with Crippen LogP contribution in [0, 0.1) is 13.8 Å². The molecule has 2 aromatic carbocycles. The summed E-state index contributed by atoms with van der Waals surface area (Å²) in [7, 11) is 1.51. The number of phenols is 1. The van der Waals surface area contributed by atoms with E-state index in [9.17, 15) is 24.6 Å². The molecule has 0 unspecified atom stereocenters. The van der Waals surface area contributed by atoms with Crippen molar-refractivity contribution in [3.63, 3.8) is 0 Å². The van der Waals surface area contributed by atoms with Crippen LogP contribution in [-0.2, 0) is 22.4 Å². The molecule has 4 N–H and O–H groups in total. The van der Waals surface area contributed by atoms with Crippen LogP contribution in [0.5, 0.6) is 11.5 Å². The van der Waals surface area contributed by atoms with E-state index in [0.717, 1.165) is 11.1 Å². The van der Waals surface area contributed by atoms with Crippen LogP contribution >= 0.6 is 0 Å². The minimum absolute atomic E-state index is 0.0110. The first-order valence-corrected chi connectivity index (χ1v) is 10.6. The lowest BCUT2D eigenvalue weighted by atomic mass is 10.0. The van der Waals surface area contributed by atoms with Gasteiger partial charge >= 0.3 is 11.6 Å². The van der Waals surface area contributed by atoms with Crippen LogP contribution in [0.3, 0.4) is 0 Å². The van der Waals surface area contributed by atoms with Crippen molar-refractivity contribution in [2.24, 2.45) is 0 Å². The lowest BCUT2D eigenvalue weighted by Gasteiger charge is -2.15. The maximum Gasteiger partial charge on any atom is 0.340 e. The molecule has 0 fully saturated rings. The van der Waals surface area contributed by atoms with Crippen molar-refractivity contribution < 1.29 is 29.0 Å². The van der Waals surface area contributed by atoms with E-state index in [-0.39, 0.29) is 24.2 Å². The number of methoxy groups -OCH3 is 1. The lowest BCUT2D eigenvalue weighted by Crippen LogP contribution is -2.43. The topological polar surface area (TPSA) is 142 Å². The van der Waals surface area contributed by atoms with Crippen LogP contribution in [0.4, 0.5) is 0 Å². The highest BCUT2D eigenvalue weighted by Crippen LogP contribution is 2.31. The monoisotopic (exact) mass is 464 g/mol. The molecule has 2 heterocycles. The van der Waals surface area contributed by atoms with E-state index >= 15 is 0 Å². The van der Waals surface area contributed by atoms with Gasteiger partial charge in [-0.25, -0.2) is 9.59 Å². The van der Waals surface area contributed by atoms with Crippen LogP contribution in [0.15, 0.2) is 45.7 Å². The van der Waals surface area contributed by atoms with Crippen LogP contribution in [0.1, 0.15) is 22.3 Å². The number of rotatable bonds is 7. The Kier molecular flexibility index (Phi) is 6.02. The quantitative estimate of drug-likeness (QED) is 0.308. The van der Waals surface area contributed by atoms with E-state index in [1.807, 2.05) is 6.92 Å². The van der Waals surface area contributed by atoms with E-state index in [1.54, 1.807) is 31.3 Å². The van der Waals surface area contributed by atoms with Gasteiger partial charge in [-0.3, -0.25) is 4.79 Å². The molecule has 2 aromatic heterocycles. The molecule has 0 aliphatic rings. The number of carboxylic acids is 1. The molecule has 0 radical (unpaired) electrons. The molecule has 9 nitrogen and oxygen atoms in total. The molecule has 4 aromatic rings. The van der Waals surface area contributed by atoms with Crippen molar-refractivity contribution >= 4 is 33.7 Å². The number of aromatic amines is 1. The average Bonchev–Trinajstić information content (AvgIpc) is 3.17. The number of hydrogen-bond donors (Lipinski definition) is 4. The Balaban J connectivity index is 1.60. The van der Waals surface area contributed by atoms with E-state index in [1.165, 1.54) is 19.2 Å². The molecule has 1 atom stereocenters. The third-order valence-corrected chi connectivity index (χ3v) is 5.85. The number of benzene rings is 2. The number of amides is 1. The highest BCUT2D eigenvalue weighted by atomic mass is 16.5. The van der Waals surface area contributed by atoms with Crippen LogP contribution in [0.2, 0.25) is 0 Å². The number of aromatic nitrogens is 1. The van der Waals surface area contributed by atoms with Gasteiger partial charge in [0.05, 0.1) is 24.5 Å². The van der Waals surface area contributed by atoms with Gasteiger partial charge in [-0.2, -0.15) is 0 Å². The molecule has 176 valence electrons. The molecule has 0 bridgehead atoms. The summed E-state index contributed by atoms with van der Waals surface area (Å²) in [6.07, 6.45) is 1.28. The maximum absolute atomic E-state index is 12.8. The highest BCUT2D eigenvalue weighted by Gasteiger charge is 2.24. The third-order valence-electron chi connectivity index (χ3n) is 5.85. The third kappa shape index (κ3) is 4.32. The summed E-state index contributed by atoms with van der Waals surface area (Å²) in [5.74, 6) is -1.28. The first-order valence-electron chi connectivity index (χ1n) is 10.6. The summed E-state index contributed by atoms with van der Waals surface area (Å²) in [5, 5.41) is 23.2. The van der Waals surface area contributed by atoms with Gasteiger partial charge in [0.2, 0.25) is 5.91 Å². The average molecular weight is 464 g/mol. The number of H-pyrrole nitrogens is 1. The number of aliphatic carboxylic acids is 1. The Morgan fingerprint density at radius 3 is 2.68 bits per heavy atom. The smallest absolute Gasteiger partial charge is 0.340 e. The summed E-state index contributed by atoms with van der Waals surface area (Å²) in [5.41, 5.74) is 2.58. The van der Waals surface area contributed by atoms with Gasteiger partial charge in [-0.1, -0.05) is 0 Å². The fraction of sp³-hybridized carbons (Fsp3) is 0.240. The lowest BCUT2D eigenvalue weighted by molar-refractivity contribution is -0.141. The normalized spacial score (nSPS) is 12.1. The summed E-state index contributed by atoms with van der Waals surface area (Å²) >= 11 is 0. The summed E-state index contributed by atoms with van der Waals surface area (Å²) < 4.78 is 10.9. The zero-order valence-corrected chi connectivity index (χ0v) is 18.9. The number of carbonyl (C=O) groups is 2. The Morgan fingerprint density at radius 1 is 1.21 bits per heavy atom. The van der Waals surface area contributed by atoms with Crippen LogP contribution < -0.4 is 15.7 Å². The number of phenolic OH excluding ortho intramolecular Hbond substituents is 1. The highest BCUT2D eigenvalue weighted by molar-refractivity contribution is 5.91. The predicted octanol–water partition coefficient (Wildman–Crippen LogP) is 2.96. The van der Waals surface area contributed by atoms with E-state index in [0.29, 0.717) is 33.2 Å². The molecule has 0 spiro atoms.